The van der Waals surface area contributed by atoms with Crippen molar-refractivity contribution in [1.29, 1.82) is 0 Å². The van der Waals surface area contributed by atoms with E-state index in [-0.39, 0.29) is 25.5 Å². The monoisotopic (exact) mass is 557 g/mol. The lowest BCUT2D eigenvalue weighted by molar-refractivity contribution is -0.147. The van der Waals surface area contributed by atoms with Crippen LogP contribution in [0.3, 0.4) is 0 Å². The summed E-state index contributed by atoms with van der Waals surface area (Å²) < 4.78 is 5.75. The predicted molar refractivity (Wildman–Crippen MR) is 153 cm³/mol. The van der Waals surface area contributed by atoms with E-state index in [1.807, 2.05) is 54.6 Å². The molecule has 1 atom stereocenters. The van der Waals surface area contributed by atoms with E-state index in [1.54, 1.807) is 0 Å². The van der Waals surface area contributed by atoms with Gasteiger partial charge in [0.2, 0.25) is 5.91 Å². The Kier molecular flexibility index (Phi) is 8.66. The number of rotatable bonds is 10. The summed E-state index contributed by atoms with van der Waals surface area (Å²) in [4.78, 5) is 39.8. The fraction of sp³-hybridized carbons (Fsp3) is 0.344. The van der Waals surface area contributed by atoms with Crippen LogP contribution in [0.4, 0.5) is 4.79 Å². The van der Waals surface area contributed by atoms with Crippen LogP contribution < -0.4 is 10.6 Å². The first-order valence-corrected chi connectivity index (χ1v) is 13.9. The molecule has 1 aliphatic carbocycles. The van der Waals surface area contributed by atoms with Crippen molar-refractivity contribution >= 4 is 18.0 Å². The maximum Gasteiger partial charge on any atom is 0.408 e. The second-order valence-corrected chi connectivity index (χ2v) is 10.7. The van der Waals surface area contributed by atoms with Gasteiger partial charge in [-0.05, 0) is 40.7 Å². The second-order valence-electron chi connectivity index (χ2n) is 10.7. The standard InChI is InChI=1S/C32H35N3O6/c36-28(29(37)38)14-17-33-30(39)32(15-18-35(19-16-32)20-22-8-2-1-3-9-22)34-31(40)41-21-27-25-12-6-4-10-23(25)24-11-5-7-13-26(24)27/h1-13,27-28,36H,14-21H2,(H,33,39)(H,34,40)(H,37,38)/t28-/m0/s1. The highest BCUT2D eigenvalue weighted by atomic mass is 16.5. The van der Waals surface area contributed by atoms with E-state index in [0.29, 0.717) is 25.9 Å². The van der Waals surface area contributed by atoms with Gasteiger partial charge in [-0.1, -0.05) is 78.9 Å². The zero-order valence-corrected chi connectivity index (χ0v) is 22.8. The zero-order valence-electron chi connectivity index (χ0n) is 22.8. The van der Waals surface area contributed by atoms with E-state index in [4.69, 9.17) is 9.84 Å². The third-order valence-electron chi connectivity index (χ3n) is 8.07. The lowest BCUT2D eigenvalue weighted by atomic mass is 9.86. The summed E-state index contributed by atoms with van der Waals surface area (Å²) >= 11 is 0. The van der Waals surface area contributed by atoms with Crippen molar-refractivity contribution in [2.45, 2.75) is 43.4 Å². The fourth-order valence-corrected chi connectivity index (χ4v) is 5.79. The maximum atomic E-state index is 13.4. The van der Waals surface area contributed by atoms with Crippen LogP contribution in [0, 0.1) is 0 Å². The van der Waals surface area contributed by atoms with E-state index in [9.17, 15) is 19.5 Å². The Labute approximate surface area is 239 Å². The number of benzene rings is 3. The van der Waals surface area contributed by atoms with E-state index < -0.39 is 29.6 Å². The second kappa shape index (κ2) is 12.5. The van der Waals surface area contributed by atoms with Crippen molar-refractivity contribution in [3.8, 4) is 11.1 Å². The number of carbonyl (C=O) groups excluding carboxylic acids is 2. The molecule has 0 saturated carbocycles. The molecule has 9 nitrogen and oxygen atoms in total. The molecule has 9 heteroatoms. The zero-order chi connectivity index (χ0) is 28.8. The number of piperidine rings is 1. The highest BCUT2D eigenvalue weighted by Crippen LogP contribution is 2.44. The Hall–Kier alpha value is -4.21. The first-order valence-electron chi connectivity index (χ1n) is 13.9. The number of alkyl carbamates (subject to hydrolysis) is 1. The maximum absolute atomic E-state index is 13.4. The summed E-state index contributed by atoms with van der Waals surface area (Å²) in [7, 11) is 0. The number of aliphatic hydroxyl groups excluding tert-OH is 1. The number of amides is 2. The Morgan fingerprint density at radius 2 is 1.49 bits per heavy atom. The average Bonchev–Trinajstić information content (AvgIpc) is 3.31. The van der Waals surface area contributed by atoms with Gasteiger partial charge in [-0.2, -0.15) is 0 Å². The Balaban J connectivity index is 1.25. The van der Waals surface area contributed by atoms with Crippen molar-refractivity contribution < 1.29 is 29.3 Å². The number of carbonyl (C=O) groups is 3. The Bertz CT molecular complexity index is 1340. The number of likely N-dealkylation sites (tertiary alicyclic amines) is 1. The number of fused-ring (bicyclic) bond motifs is 3. The van der Waals surface area contributed by atoms with Crippen LogP contribution in [0.5, 0.6) is 0 Å². The Morgan fingerprint density at radius 1 is 0.902 bits per heavy atom. The molecule has 4 N–H and O–H groups in total. The summed E-state index contributed by atoms with van der Waals surface area (Å²) in [5.74, 6) is -1.87. The molecule has 0 spiro atoms. The molecule has 41 heavy (non-hydrogen) atoms. The number of aliphatic carboxylic acids is 1. The van der Waals surface area contributed by atoms with E-state index >= 15 is 0 Å². The molecule has 3 aromatic rings. The van der Waals surface area contributed by atoms with Gasteiger partial charge >= 0.3 is 12.1 Å². The van der Waals surface area contributed by atoms with Crippen LogP contribution in [0.15, 0.2) is 78.9 Å². The van der Waals surface area contributed by atoms with E-state index in [2.05, 4.69) is 39.8 Å². The third-order valence-corrected chi connectivity index (χ3v) is 8.07. The molecule has 3 aromatic carbocycles. The molecular formula is C32H35N3O6. The fourth-order valence-electron chi connectivity index (χ4n) is 5.79. The highest BCUT2D eigenvalue weighted by molar-refractivity contribution is 5.90. The number of aliphatic hydroxyl groups is 1. The lowest BCUT2D eigenvalue weighted by Gasteiger charge is -2.40. The van der Waals surface area contributed by atoms with Crippen molar-refractivity contribution in [3.05, 3.63) is 95.6 Å². The number of hydrogen-bond acceptors (Lipinski definition) is 6. The van der Waals surface area contributed by atoms with Crippen LogP contribution in [0.1, 0.15) is 41.9 Å². The molecule has 1 aliphatic heterocycles. The normalized spacial score (nSPS) is 16.7. The van der Waals surface area contributed by atoms with Gasteiger partial charge in [0.25, 0.3) is 0 Å². The molecule has 2 amide bonds. The molecule has 214 valence electrons. The molecule has 1 heterocycles. The number of carboxylic acids is 1. The number of carboxylic acid groups (broad SMARTS) is 1. The quantitative estimate of drug-likeness (QED) is 0.300. The third kappa shape index (κ3) is 6.42. The highest BCUT2D eigenvalue weighted by Gasteiger charge is 2.43. The number of nitrogens with zero attached hydrogens (tertiary/aromatic N) is 1. The van der Waals surface area contributed by atoms with Gasteiger partial charge in [-0.15, -0.1) is 0 Å². The molecule has 1 fully saturated rings. The topological polar surface area (TPSA) is 128 Å². The van der Waals surface area contributed by atoms with Gasteiger partial charge in [-0.3, -0.25) is 9.69 Å². The molecule has 5 rings (SSSR count). The Morgan fingerprint density at radius 3 is 2.10 bits per heavy atom. The van der Waals surface area contributed by atoms with Gasteiger partial charge < -0.3 is 25.6 Å². The SMILES string of the molecule is O=C(NC1(C(=O)NCC[C@H](O)C(=O)O)CCN(Cc2ccccc2)CC1)OCC1c2ccccc2-c2ccccc21. The first-order chi connectivity index (χ1) is 19.9. The largest absolute Gasteiger partial charge is 0.479 e. The van der Waals surface area contributed by atoms with Gasteiger partial charge in [-0.25, -0.2) is 9.59 Å². The van der Waals surface area contributed by atoms with Crippen molar-refractivity contribution in [2.24, 2.45) is 0 Å². The van der Waals surface area contributed by atoms with Gasteiger partial charge in [0.15, 0.2) is 6.10 Å². The summed E-state index contributed by atoms with van der Waals surface area (Å²) in [6.07, 6.45) is -1.67. The average molecular weight is 558 g/mol. The molecule has 0 bridgehead atoms. The molecule has 2 aliphatic rings. The molecule has 1 saturated heterocycles. The summed E-state index contributed by atoms with van der Waals surface area (Å²) in [6.45, 7) is 1.97. The van der Waals surface area contributed by atoms with E-state index in [0.717, 1.165) is 34.4 Å². The summed E-state index contributed by atoms with van der Waals surface area (Å²) in [5.41, 5.74) is 4.39. The van der Waals surface area contributed by atoms with Gasteiger partial charge in [0.1, 0.15) is 12.1 Å². The minimum absolute atomic E-state index is 0.0336. The lowest BCUT2D eigenvalue weighted by Crippen LogP contribution is -2.63. The first kappa shape index (κ1) is 28.3. The summed E-state index contributed by atoms with van der Waals surface area (Å²) in [5, 5.41) is 24.1. The summed E-state index contributed by atoms with van der Waals surface area (Å²) in [6, 6.07) is 26.2. The van der Waals surface area contributed by atoms with Crippen LogP contribution in [-0.4, -0.2) is 71.0 Å². The van der Waals surface area contributed by atoms with Gasteiger partial charge in [0.05, 0.1) is 0 Å². The minimum Gasteiger partial charge on any atom is -0.479 e. The minimum atomic E-state index is -1.57. The predicted octanol–water partition coefficient (Wildman–Crippen LogP) is 3.51. The van der Waals surface area contributed by atoms with Crippen LogP contribution in [0.25, 0.3) is 11.1 Å². The van der Waals surface area contributed by atoms with Crippen LogP contribution in [-0.2, 0) is 20.9 Å². The molecule has 0 radical (unpaired) electrons. The number of hydrogen-bond donors (Lipinski definition) is 4. The number of nitrogens with one attached hydrogen (secondary N) is 2. The van der Waals surface area contributed by atoms with Crippen LogP contribution >= 0.6 is 0 Å². The van der Waals surface area contributed by atoms with Crippen molar-refractivity contribution in [1.82, 2.24) is 15.5 Å². The van der Waals surface area contributed by atoms with E-state index in [1.165, 1.54) is 0 Å². The van der Waals surface area contributed by atoms with Crippen molar-refractivity contribution in [2.75, 3.05) is 26.2 Å². The number of ether oxygens (including phenoxy) is 1. The molecule has 0 aromatic heterocycles. The van der Waals surface area contributed by atoms with Crippen molar-refractivity contribution in [3.63, 3.8) is 0 Å². The smallest absolute Gasteiger partial charge is 0.408 e. The molecule has 0 unspecified atom stereocenters. The van der Waals surface area contributed by atoms with Crippen LogP contribution in [0.2, 0.25) is 0 Å². The molecular weight excluding hydrogens is 522 g/mol. The van der Waals surface area contributed by atoms with Gasteiger partial charge in [0, 0.05) is 38.5 Å².